The maximum absolute atomic E-state index is 8.40. The molecule has 0 bridgehead atoms. The highest BCUT2D eigenvalue weighted by atomic mass is 14.3. The van der Waals surface area contributed by atoms with Gasteiger partial charge in [-0.1, -0.05) is 12.2 Å². The van der Waals surface area contributed by atoms with E-state index in [1.54, 1.807) is 18.2 Å². The lowest BCUT2D eigenvalue weighted by Crippen LogP contribution is -1.92. The van der Waals surface area contributed by atoms with Crippen LogP contribution in [0.25, 0.3) is 0 Å². The molecule has 1 aliphatic carbocycles. The van der Waals surface area contributed by atoms with Crippen LogP contribution in [0.2, 0.25) is 0 Å². The van der Waals surface area contributed by atoms with E-state index in [2.05, 4.69) is 0 Å². The quantitative estimate of drug-likeness (QED) is 0.497. The molecule has 1 radical (unpaired) electrons. The van der Waals surface area contributed by atoms with E-state index in [9.17, 15) is 0 Å². The predicted molar refractivity (Wildman–Crippen MR) is 36.3 cm³/mol. The maximum Gasteiger partial charge on any atom is 0.102 e. The van der Waals surface area contributed by atoms with Crippen molar-refractivity contribution < 1.29 is 0 Å². The molecule has 0 amide bonds. The van der Waals surface area contributed by atoms with Gasteiger partial charge in [0.25, 0.3) is 0 Å². The highest BCUT2D eigenvalue weighted by Gasteiger charge is 2.06. The summed E-state index contributed by atoms with van der Waals surface area (Å²) in [5, 5.41) is 16.8. The Bertz CT molecular complexity index is 260. The van der Waals surface area contributed by atoms with Gasteiger partial charge >= 0.3 is 0 Å². The minimum atomic E-state index is 0.593. The van der Waals surface area contributed by atoms with E-state index in [-0.39, 0.29) is 0 Å². The van der Waals surface area contributed by atoms with Crippen molar-refractivity contribution in [2.45, 2.75) is 6.42 Å². The van der Waals surface area contributed by atoms with Gasteiger partial charge in [-0.25, -0.2) is 0 Å². The van der Waals surface area contributed by atoms with Crippen molar-refractivity contribution in [3.63, 3.8) is 0 Å². The van der Waals surface area contributed by atoms with Gasteiger partial charge in [-0.05, 0) is 12.5 Å². The molecule has 2 heteroatoms. The molecule has 0 spiro atoms. The Morgan fingerprint density at radius 2 is 2.00 bits per heavy atom. The van der Waals surface area contributed by atoms with Gasteiger partial charge < -0.3 is 0 Å². The molecular weight excluding hydrogens is 124 g/mol. The molecule has 0 aromatic carbocycles. The van der Waals surface area contributed by atoms with Crippen molar-refractivity contribution in [2.24, 2.45) is 0 Å². The average Bonchev–Trinajstić information content (AvgIpc) is 2.05. The van der Waals surface area contributed by atoms with Gasteiger partial charge in [-0.2, -0.15) is 10.5 Å². The molecule has 2 nitrogen and oxygen atoms in total. The normalized spacial score (nSPS) is 17.2. The third-order valence-electron chi connectivity index (χ3n) is 1.28. The summed E-state index contributed by atoms with van der Waals surface area (Å²) >= 11 is 0. The van der Waals surface area contributed by atoms with Crippen LogP contribution in [0.4, 0.5) is 0 Å². The Labute approximate surface area is 59.7 Å². The maximum atomic E-state index is 8.40. The summed E-state index contributed by atoms with van der Waals surface area (Å²) in [6.45, 7) is 0. The number of nitrogens with zero attached hydrogens (tertiary/aromatic N) is 2. The number of allylic oxidation sites excluding steroid dienone is 4. The second-order valence-electron chi connectivity index (χ2n) is 1.95. The topological polar surface area (TPSA) is 47.6 Å². The molecule has 0 atom stereocenters. The molecular formula is C8H5N2. The Morgan fingerprint density at radius 3 is 2.40 bits per heavy atom. The van der Waals surface area contributed by atoms with Crippen LogP contribution in [0.5, 0.6) is 0 Å². The Hall–Kier alpha value is -1.54. The molecule has 1 rings (SSSR count). The number of rotatable bonds is 0. The molecule has 1 aliphatic rings. The molecule has 0 aromatic rings. The molecule has 47 valence electrons. The van der Waals surface area contributed by atoms with Gasteiger partial charge in [0.05, 0.1) is 12.1 Å². The van der Waals surface area contributed by atoms with E-state index in [4.69, 9.17) is 10.5 Å². The summed E-state index contributed by atoms with van der Waals surface area (Å²) in [6.07, 6.45) is 5.68. The molecule has 0 saturated heterocycles. The zero-order valence-corrected chi connectivity index (χ0v) is 5.33. The van der Waals surface area contributed by atoms with E-state index in [0.29, 0.717) is 17.9 Å². The summed E-state index contributed by atoms with van der Waals surface area (Å²) in [4.78, 5) is 0. The van der Waals surface area contributed by atoms with E-state index in [1.165, 1.54) is 0 Å². The first-order valence-corrected chi connectivity index (χ1v) is 2.91. The van der Waals surface area contributed by atoms with Crippen LogP contribution in [0.15, 0.2) is 23.8 Å². The predicted octanol–water partition coefficient (Wildman–Crippen LogP) is 1.49. The van der Waals surface area contributed by atoms with E-state index < -0.39 is 0 Å². The SMILES string of the molecule is N#C[C]1C=CC(C#N)=CC1. The first kappa shape index (κ1) is 6.58. The molecule has 0 aliphatic heterocycles. The second kappa shape index (κ2) is 2.85. The van der Waals surface area contributed by atoms with Crippen LogP contribution < -0.4 is 0 Å². The van der Waals surface area contributed by atoms with E-state index >= 15 is 0 Å². The van der Waals surface area contributed by atoms with E-state index in [1.807, 2.05) is 12.1 Å². The molecule has 0 heterocycles. The molecule has 0 unspecified atom stereocenters. The van der Waals surface area contributed by atoms with Crippen LogP contribution in [-0.2, 0) is 0 Å². The summed E-state index contributed by atoms with van der Waals surface area (Å²) in [5.74, 6) is 0.707. The lowest BCUT2D eigenvalue weighted by molar-refractivity contribution is 1.12. The smallest absolute Gasteiger partial charge is 0.102 e. The average molecular weight is 129 g/mol. The highest BCUT2D eigenvalue weighted by Crippen LogP contribution is 2.15. The lowest BCUT2D eigenvalue weighted by atomic mass is 9.99. The monoisotopic (exact) mass is 129 g/mol. The summed E-state index contributed by atoms with van der Waals surface area (Å²) in [6, 6.07) is 4.02. The fourth-order valence-corrected chi connectivity index (χ4v) is 0.712. The summed E-state index contributed by atoms with van der Waals surface area (Å²) in [5.41, 5.74) is 0.638. The third kappa shape index (κ3) is 1.24. The Balaban J connectivity index is 2.68. The fourth-order valence-electron chi connectivity index (χ4n) is 0.712. The van der Waals surface area contributed by atoms with Crippen molar-refractivity contribution in [1.29, 1.82) is 10.5 Å². The third-order valence-corrected chi connectivity index (χ3v) is 1.28. The minimum absolute atomic E-state index is 0.593. The zero-order valence-electron chi connectivity index (χ0n) is 5.33. The minimum Gasteiger partial charge on any atom is -0.197 e. The van der Waals surface area contributed by atoms with Gasteiger partial charge in [0, 0.05) is 5.57 Å². The second-order valence-corrected chi connectivity index (χ2v) is 1.95. The van der Waals surface area contributed by atoms with Crippen molar-refractivity contribution in [2.75, 3.05) is 0 Å². The van der Waals surface area contributed by atoms with Crippen molar-refractivity contribution in [3.05, 3.63) is 29.7 Å². The zero-order chi connectivity index (χ0) is 7.40. The first-order valence-electron chi connectivity index (χ1n) is 2.91. The van der Waals surface area contributed by atoms with Crippen molar-refractivity contribution in [3.8, 4) is 12.1 Å². The highest BCUT2D eigenvalue weighted by molar-refractivity contribution is 5.43. The van der Waals surface area contributed by atoms with Gasteiger partial charge in [-0.15, -0.1) is 0 Å². The van der Waals surface area contributed by atoms with Crippen molar-refractivity contribution >= 4 is 0 Å². The fraction of sp³-hybridized carbons (Fsp3) is 0.125. The lowest BCUT2D eigenvalue weighted by Gasteiger charge is -2.01. The van der Waals surface area contributed by atoms with Crippen molar-refractivity contribution in [1.82, 2.24) is 0 Å². The number of hydrogen-bond donors (Lipinski definition) is 0. The van der Waals surface area contributed by atoms with Crippen LogP contribution in [0.3, 0.4) is 0 Å². The van der Waals surface area contributed by atoms with Gasteiger partial charge in [0.2, 0.25) is 0 Å². The van der Waals surface area contributed by atoms with Crippen LogP contribution >= 0.6 is 0 Å². The standard InChI is InChI=1S/C8H5N2/c9-5-7-1-2-8(6-10)4-3-7/h1-3H,4H2. The Morgan fingerprint density at radius 1 is 1.20 bits per heavy atom. The molecule has 0 aromatic heterocycles. The molecule has 0 fully saturated rings. The largest absolute Gasteiger partial charge is 0.197 e. The molecule has 0 saturated carbocycles. The van der Waals surface area contributed by atoms with E-state index in [0.717, 1.165) is 0 Å². The molecule has 0 N–H and O–H groups in total. The number of hydrogen-bond acceptors (Lipinski definition) is 2. The first-order chi connectivity index (χ1) is 4.86. The summed E-state index contributed by atoms with van der Waals surface area (Å²) < 4.78 is 0. The van der Waals surface area contributed by atoms with Crippen LogP contribution in [-0.4, -0.2) is 0 Å². The van der Waals surface area contributed by atoms with Gasteiger partial charge in [-0.3, -0.25) is 0 Å². The van der Waals surface area contributed by atoms with Crippen LogP contribution in [0, 0.1) is 28.6 Å². The van der Waals surface area contributed by atoms with Gasteiger partial charge in [0.1, 0.15) is 5.92 Å². The summed E-state index contributed by atoms with van der Waals surface area (Å²) in [7, 11) is 0. The Kier molecular flexibility index (Phi) is 1.87. The van der Waals surface area contributed by atoms with Crippen LogP contribution in [0.1, 0.15) is 6.42 Å². The number of nitriles is 2. The molecule has 10 heavy (non-hydrogen) atoms. The van der Waals surface area contributed by atoms with Gasteiger partial charge in [0.15, 0.2) is 0 Å².